The molecule has 0 radical (unpaired) electrons. The summed E-state index contributed by atoms with van der Waals surface area (Å²) in [5.74, 6) is 2.54. The van der Waals surface area contributed by atoms with E-state index in [1.165, 1.54) is 0 Å². The van der Waals surface area contributed by atoms with Crippen molar-refractivity contribution < 1.29 is 9.15 Å². The predicted octanol–water partition coefficient (Wildman–Crippen LogP) is 4.32. The molecule has 0 spiro atoms. The fraction of sp³-hybridized carbons (Fsp3) is 0.375. The summed E-state index contributed by atoms with van der Waals surface area (Å²) in [5.41, 5.74) is 1.06. The largest absolute Gasteiger partial charge is 0.485 e. The number of hydrogen-bond donors (Lipinski definition) is 1. The van der Waals surface area contributed by atoms with Crippen LogP contribution in [0.3, 0.4) is 0 Å². The van der Waals surface area contributed by atoms with Crippen molar-refractivity contribution in [1.82, 2.24) is 5.32 Å². The van der Waals surface area contributed by atoms with Gasteiger partial charge in [-0.15, -0.1) is 0 Å². The van der Waals surface area contributed by atoms with Crippen molar-refractivity contribution in [2.45, 2.75) is 33.4 Å². The van der Waals surface area contributed by atoms with Crippen LogP contribution in [-0.2, 0) is 13.2 Å². The van der Waals surface area contributed by atoms with Gasteiger partial charge in [0.2, 0.25) is 0 Å². The van der Waals surface area contributed by atoms with Crippen LogP contribution in [0.4, 0.5) is 0 Å². The molecule has 2 aromatic rings. The zero-order valence-corrected chi connectivity index (χ0v) is 12.7. The van der Waals surface area contributed by atoms with Crippen molar-refractivity contribution in [3.63, 3.8) is 0 Å². The molecule has 2 rings (SSSR count). The number of hydrogen-bond acceptors (Lipinski definition) is 3. The minimum absolute atomic E-state index is 0.412. The lowest BCUT2D eigenvalue weighted by molar-refractivity contribution is 0.263. The average molecular weight is 294 g/mol. The molecule has 0 bridgehead atoms. The van der Waals surface area contributed by atoms with Crippen molar-refractivity contribution in [3.05, 3.63) is 52.4 Å². The Balaban J connectivity index is 1.89. The molecule has 0 unspecified atom stereocenters. The molecule has 0 amide bonds. The van der Waals surface area contributed by atoms with Crippen molar-refractivity contribution >= 4 is 11.6 Å². The number of ether oxygens (including phenoxy) is 1. The van der Waals surface area contributed by atoms with Crippen LogP contribution >= 0.6 is 11.6 Å². The Morgan fingerprint density at radius 2 is 2.00 bits per heavy atom. The first kappa shape index (κ1) is 14.9. The van der Waals surface area contributed by atoms with E-state index in [9.17, 15) is 0 Å². The molecular weight excluding hydrogens is 274 g/mol. The highest BCUT2D eigenvalue weighted by Gasteiger charge is 2.05. The highest BCUT2D eigenvalue weighted by molar-refractivity contribution is 6.30. The Kier molecular flexibility index (Phi) is 5.50. The number of rotatable bonds is 7. The van der Waals surface area contributed by atoms with Gasteiger partial charge in [0.05, 0.1) is 6.54 Å². The Morgan fingerprint density at radius 1 is 1.20 bits per heavy atom. The molecule has 4 heteroatoms. The molecule has 1 heterocycles. The summed E-state index contributed by atoms with van der Waals surface area (Å²) in [6, 6.07) is 9.55. The summed E-state index contributed by atoms with van der Waals surface area (Å²) in [6.07, 6.45) is 1.12. The smallest absolute Gasteiger partial charge is 0.146 e. The van der Waals surface area contributed by atoms with Crippen molar-refractivity contribution in [2.75, 3.05) is 6.54 Å². The summed E-state index contributed by atoms with van der Waals surface area (Å²) in [7, 11) is 0. The number of halogens is 1. The van der Waals surface area contributed by atoms with Crippen LogP contribution in [0.5, 0.6) is 5.75 Å². The third-order valence-electron chi connectivity index (χ3n) is 2.96. The molecule has 108 valence electrons. The molecule has 0 atom stereocenters. The van der Waals surface area contributed by atoms with Gasteiger partial charge < -0.3 is 14.5 Å². The highest BCUT2D eigenvalue weighted by atomic mass is 35.5. The summed E-state index contributed by atoms with van der Waals surface area (Å²) in [6.45, 7) is 6.29. The molecule has 0 fully saturated rings. The van der Waals surface area contributed by atoms with Crippen LogP contribution in [0.15, 0.2) is 34.7 Å². The Hall–Kier alpha value is -1.45. The van der Waals surface area contributed by atoms with Crippen molar-refractivity contribution in [1.29, 1.82) is 0 Å². The lowest BCUT2D eigenvalue weighted by atomic mass is 10.2. The number of furan rings is 1. The van der Waals surface area contributed by atoms with Crippen LogP contribution in [-0.4, -0.2) is 6.54 Å². The molecule has 0 saturated heterocycles. The molecule has 0 aliphatic rings. The number of aryl methyl sites for hydroxylation is 1. The zero-order valence-electron chi connectivity index (χ0n) is 11.9. The Bertz CT molecular complexity index is 551. The molecular formula is C16H20ClNO2. The maximum Gasteiger partial charge on any atom is 0.146 e. The number of nitrogens with one attached hydrogen (secondary N) is 1. The van der Waals surface area contributed by atoms with Crippen LogP contribution in [0, 0.1) is 6.92 Å². The van der Waals surface area contributed by atoms with E-state index in [-0.39, 0.29) is 0 Å². The Labute approximate surface area is 124 Å². The lowest BCUT2D eigenvalue weighted by Gasteiger charge is -2.08. The normalized spacial score (nSPS) is 10.8. The van der Waals surface area contributed by atoms with Gasteiger partial charge in [-0.3, -0.25) is 0 Å². The summed E-state index contributed by atoms with van der Waals surface area (Å²) >= 11 is 5.96. The molecule has 0 aliphatic carbocycles. The fourth-order valence-corrected chi connectivity index (χ4v) is 2.02. The second-order valence-corrected chi connectivity index (χ2v) is 5.18. The molecule has 1 aromatic carbocycles. The van der Waals surface area contributed by atoms with E-state index in [0.29, 0.717) is 11.6 Å². The molecule has 0 aliphatic heterocycles. The van der Waals surface area contributed by atoms with Crippen LogP contribution in [0.2, 0.25) is 5.02 Å². The van der Waals surface area contributed by atoms with Crippen LogP contribution in [0.1, 0.15) is 30.4 Å². The third-order valence-corrected chi connectivity index (χ3v) is 3.20. The SMILES string of the molecule is CCCNCc1ccc(COc2cc(Cl)ccc2C)o1. The highest BCUT2D eigenvalue weighted by Crippen LogP contribution is 2.23. The van der Waals surface area contributed by atoms with Crippen LogP contribution < -0.4 is 10.1 Å². The molecule has 3 nitrogen and oxygen atoms in total. The first-order valence-electron chi connectivity index (χ1n) is 6.86. The Morgan fingerprint density at radius 3 is 2.80 bits per heavy atom. The molecule has 0 saturated carbocycles. The summed E-state index contributed by atoms with van der Waals surface area (Å²) in [5, 5.41) is 3.98. The van der Waals surface area contributed by atoms with Crippen LogP contribution in [0.25, 0.3) is 0 Å². The van der Waals surface area contributed by atoms with Crippen molar-refractivity contribution in [2.24, 2.45) is 0 Å². The lowest BCUT2D eigenvalue weighted by Crippen LogP contribution is -2.13. The molecule has 1 aromatic heterocycles. The molecule has 20 heavy (non-hydrogen) atoms. The van der Waals surface area contributed by atoms with E-state index in [0.717, 1.165) is 42.3 Å². The number of benzene rings is 1. The van der Waals surface area contributed by atoms with Gasteiger partial charge in [-0.25, -0.2) is 0 Å². The summed E-state index contributed by atoms with van der Waals surface area (Å²) < 4.78 is 11.4. The van der Waals surface area contributed by atoms with E-state index in [4.69, 9.17) is 20.8 Å². The van der Waals surface area contributed by atoms with Gasteiger partial charge in [0.15, 0.2) is 0 Å². The van der Waals surface area contributed by atoms with Gasteiger partial charge >= 0.3 is 0 Å². The monoisotopic (exact) mass is 293 g/mol. The maximum atomic E-state index is 5.96. The second kappa shape index (κ2) is 7.36. The second-order valence-electron chi connectivity index (χ2n) is 4.74. The van der Waals surface area contributed by atoms with Gasteiger partial charge in [-0.05, 0) is 49.7 Å². The zero-order chi connectivity index (χ0) is 14.4. The van der Waals surface area contributed by atoms with Crippen molar-refractivity contribution in [3.8, 4) is 5.75 Å². The van der Waals surface area contributed by atoms with Gasteiger partial charge in [0.25, 0.3) is 0 Å². The van der Waals surface area contributed by atoms with E-state index >= 15 is 0 Å². The first-order valence-corrected chi connectivity index (χ1v) is 7.24. The van der Waals surface area contributed by atoms with Gasteiger partial charge in [-0.1, -0.05) is 24.6 Å². The average Bonchev–Trinajstić information content (AvgIpc) is 2.88. The van der Waals surface area contributed by atoms with E-state index in [1.807, 2.05) is 37.3 Å². The first-order chi connectivity index (χ1) is 9.69. The predicted molar refractivity (Wildman–Crippen MR) is 81.2 cm³/mol. The van der Waals surface area contributed by atoms with Gasteiger partial charge in [0, 0.05) is 5.02 Å². The van der Waals surface area contributed by atoms with E-state index in [1.54, 1.807) is 0 Å². The maximum absolute atomic E-state index is 5.96. The van der Waals surface area contributed by atoms with Gasteiger partial charge in [0.1, 0.15) is 23.9 Å². The standard InChI is InChI=1S/C16H20ClNO2/c1-3-8-18-10-14-6-7-15(20-14)11-19-16-9-13(17)5-4-12(16)2/h4-7,9,18H,3,8,10-11H2,1-2H3. The van der Waals surface area contributed by atoms with E-state index in [2.05, 4.69) is 12.2 Å². The van der Waals surface area contributed by atoms with Gasteiger partial charge in [-0.2, -0.15) is 0 Å². The minimum atomic E-state index is 0.412. The minimum Gasteiger partial charge on any atom is -0.485 e. The topological polar surface area (TPSA) is 34.4 Å². The quantitative estimate of drug-likeness (QED) is 0.772. The summed E-state index contributed by atoms with van der Waals surface area (Å²) in [4.78, 5) is 0. The molecule has 1 N–H and O–H groups in total. The van der Waals surface area contributed by atoms with E-state index < -0.39 is 0 Å². The third kappa shape index (κ3) is 4.29. The fourth-order valence-electron chi connectivity index (χ4n) is 1.86.